The molecule has 0 bridgehead atoms. The molecule has 4 heteroatoms. The standard InChI is InChI=1S/C16H13NO3/c1-10-3-4-12(9-17)8-15(10)20-13-5-6-14(16(18)19)11(2)7-13/h3-8H,1-2H3,(H,18,19). The number of ether oxygens (including phenoxy) is 1. The maximum absolute atomic E-state index is 11.0. The van der Waals surface area contributed by atoms with E-state index in [-0.39, 0.29) is 5.56 Å². The molecule has 2 rings (SSSR count). The number of nitrogens with zero attached hydrogens (tertiary/aromatic N) is 1. The van der Waals surface area contributed by atoms with Crippen LogP contribution in [0.4, 0.5) is 0 Å². The number of nitriles is 1. The molecule has 4 nitrogen and oxygen atoms in total. The largest absolute Gasteiger partial charge is 0.478 e. The third kappa shape index (κ3) is 2.78. The first-order valence-corrected chi connectivity index (χ1v) is 6.04. The summed E-state index contributed by atoms with van der Waals surface area (Å²) in [7, 11) is 0. The Balaban J connectivity index is 2.33. The third-order valence-electron chi connectivity index (χ3n) is 2.97. The molecular formula is C16H13NO3. The summed E-state index contributed by atoms with van der Waals surface area (Å²) >= 11 is 0. The van der Waals surface area contributed by atoms with E-state index in [0.717, 1.165) is 5.56 Å². The Morgan fingerprint density at radius 3 is 2.50 bits per heavy atom. The summed E-state index contributed by atoms with van der Waals surface area (Å²) < 4.78 is 5.72. The molecule has 0 amide bonds. The molecule has 0 saturated carbocycles. The van der Waals surface area contributed by atoms with Crippen LogP contribution in [0.25, 0.3) is 0 Å². The van der Waals surface area contributed by atoms with Gasteiger partial charge in [0, 0.05) is 0 Å². The number of rotatable bonds is 3. The molecule has 0 spiro atoms. The summed E-state index contributed by atoms with van der Waals surface area (Å²) in [6, 6.07) is 12.0. The Kier molecular flexibility index (Phi) is 3.72. The highest BCUT2D eigenvalue weighted by Gasteiger charge is 2.09. The molecule has 0 aliphatic rings. The Bertz CT molecular complexity index is 714. The molecular weight excluding hydrogens is 254 g/mol. The van der Waals surface area contributed by atoms with E-state index in [1.807, 2.05) is 13.0 Å². The average molecular weight is 267 g/mol. The van der Waals surface area contributed by atoms with E-state index < -0.39 is 5.97 Å². The first kappa shape index (κ1) is 13.6. The zero-order chi connectivity index (χ0) is 14.7. The van der Waals surface area contributed by atoms with Gasteiger partial charge in [0.05, 0.1) is 17.2 Å². The number of benzene rings is 2. The molecule has 0 heterocycles. The van der Waals surface area contributed by atoms with Gasteiger partial charge in [-0.1, -0.05) is 6.07 Å². The monoisotopic (exact) mass is 267 g/mol. The molecule has 0 aliphatic heterocycles. The lowest BCUT2D eigenvalue weighted by molar-refractivity contribution is 0.0696. The molecule has 100 valence electrons. The van der Waals surface area contributed by atoms with Gasteiger partial charge in [0.15, 0.2) is 0 Å². The molecule has 0 aromatic heterocycles. The minimum absolute atomic E-state index is 0.250. The molecule has 2 aromatic carbocycles. The third-order valence-corrected chi connectivity index (χ3v) is 2.97. The highest BCUT2D eigenvalue weighted by molar-refractivity contribution is 5.89. The summed E-state index contributed by atoms with van der Waals surface area (Å²) in [6.45, 7) is 3.60. The first-order chi connectivity index (χ1) is 9.51. The SMILES string of the molecule is Cc1ccc(C#N)cc1Oc1ccc(C(=O)O)c(C)c1. The number of aryl methyl sites for hydroxylation is 2. The highest BCUT2D eigenvalue weighted by Crippen LogP contribution is 2.27. The second kappa shape index (κ2) is 5.45. The maximum Gasteiger partial charge on any atom is 0.335 e. The van der Waals surface area contributed by atoms with Gasteiger partial charge >= 0.3 is 5.97 Å². The maximum atomic E-state index is 11.0. The zero-order valence-electron chi connectivity index (χ0n) is 11.2. The lowest BCUT2D eigenvalue weighted by Gasteiger charge is -2.10. The van der Waals surface area contributed by atoms with Gasteiger partial charge in [0.25, 0.3) is 0 Å². The number of carboxylic acids is 1. The summed E-state index contributed by atoms with van der Waals surface area (Å²) in [5.74, 6) is 0.175. The van der Waals surface area contributed by atoms with Gasteiger partial charge in [0.1, 0.15) is 11.5 Å². The summed E-state index contributed by atoms with van der Waals surface area (Å²) in [5.41, 5.74) is 2.30. The molecule has 20 heavy (non-hydrogen) atoms. The van der Waals surface area contributed by atoms with Crippen LogP contribution in [-0.2, 0) is 0 Å². The van der Waals surface area contributed by atoms with Gasteiger partial charge in [-0.05, 0) is 55.3 Å². The number of hydrogen-bond acceptors (Lipinski definition) is 3. The summed E-state index contributed by atoms with van der Waals surface area (Å²) in [6.07, 6.45) is 0. The van der Waals surface area contributed by atoms with Gasteiger partial charge in [-0.25, -0.2) is 4.79 Å². The second-order valence-corrected chi connectivity index (χ2v) is 4.48. The lowest BCUT2D eigenvalue weighted by Crippen LogP contribution is -1.99. The molecule has 0 saturated heterocycles. The van der Waals surface area contributed by atoms with Crippen molar-refractivity contribution >= 4 is 5.97 Å². The van der Waals surface area contributed by atoms with E-state index >= 15 is 0 Å². The van der Waals surface area contributed by atoms with Crippen molar-refractivity contribution < 1.29 is 14.6 Å². The van der Waals surface area contributed by atoms with Gasteiger partial charge in [-0.15, -0.1) is 0 Å². The van der Waals surface area contributed by atoms with Crippen LogP contribution < -0.4 is 4.74 Å². The number of carboxylic acid groups (broad SMARTS) is 1. The lowest BCUT2D eigenvalue weighted by atomic mass is 10.1. The van der Waals surface area contributed by atoms with Crippen molar-refractivity contribution in [3.05, 3.63) is 58.7 Å². The quantitative estimate of drug-likeness (QED) is 0.921. The predicted molar refractivity (Wildman–Crippen MR) is 74.1 cm³/mol. The molecule has 0 atom stereocenters. The van der Waals surface area contributed by atoms with Crippen LogP contribution >= 0.6 is 0 Å². The molecule has 0 aliphatic carbocycles. The number of carbonyl (C=O) groups is 1. The van der Waals surface area contributed by atoms with E-state index in [0.29, 0.717) is 22.6 Å². The number of hydrogen-bond donors (Lipinski definition) is 1. The second-order valence-electron chi connectivity index (χ2n) is 4.48. The van der Waals surface area contributed by atoms with E-state index in [1.165, 1.54) is 6.07 Å². The van der Waals surface area contributed by atoms with Crippen molar-refractivity contribution in [3.63, 3.8) is 0 Å². The molecule has 0 unspecified atom stereocenters. The van der Waals surface area contributed by atoms with Crippen LogP contribution in [0.3, 0.4) is 0 Å². The summed E-state index contributed by atoms with van der Waals surface area (Å²) in [5, 5.41) is 17.9. The Labute approximate surface area is 116 Å². The van der Waals surface area contributed by atoms with Gasteiger partial charge in [-0.3, -0.25) is 0 Å². The van der Waals surface area contributed by atoms with Crippen LogP contribution in [-0.4, -0.2) is 11.1 Å². The Morgan fingerprint density at radius 1 is 1.15 bits per heavy atom. The predicted octanol–water partition coefficient (Wildman–Crippen LogP) is 3.67. The van der Waals surface area contributed by atoms with Crippen LogP contribution in [0, 0.1) is 25.2 Å². The fourth-order valence-corrected chi connectivity index (χ4v) is 1.85. The van der Waals surface area contributed by atoms with Crippen molar-refractivity contribution in [2.24, 2.45) is 0 Å². The highest BCUT2D eigenvalue weighted by atomic mass is 16.5. The summed E-state index contributed by atoms with van der Waals surface area (Å²) in [4.78, 5) is 11.0. The van der Waals surface area contributed by atoms with E-state index in [4.69, 9.17) is 15.1 Å². The average Bonchev–Trinajstić information content (AvgIpc) is 2.41. The number of aromatic carboxylic acids is 1. The molecule has 0 radical (unpaired) electrons. The van der Waals surface area contributed by atoms with Crippen LogP contribution in [0.15, 0.2) is 36.4 Å². The molecule has 1 N–H and O–H groups in total. The van der Waals surface area contributed by atoms with Gasteiger partial charge < -0.3 is 9.84 Å². The Morgan fingerprint density at radius 2 is 1.90 bits per heavy atom. The van der Waals surface area contributed by atoms with E-state index in [9.17, 15) is 4.79 Å². The van der Waals surface area contributed by atoms with Gasteiger partial charge in [-0.2, -0.15) is 5.26 Å². The van der Waals surface area contributed by atoms with Crippen LogP contribution in [0.2, 0.25) is 0 Å². The Hall–Kier alpha value is -2.80. The normalized spacial score (nSPS) is 9.85. The van der Waals surface area contributed by atoms with Crippen molar-refractivity contribution in [2.75, 3.05) is 0 Å². The van der Waals surface area contributed by atoms with Crippen molar-refractivity contribution in [1.82, 2.24) is 0 Å². The fourth-order valence-electron chi connectivity index (χ4n) is 1.85. The van der Waals surface area contributed by atoms with Crippen molar-refractivity contribution in [3.8, 4) is 17.6 Å². The molecule has 0 fully saturated rings. The zero-order valence-corrected chi connectivity index (χ0v) is 11.2. The van der Waals surface area contributed by atoms with Crippen LogP contribution in [0.1, 0.15) is 27.0 Å². The first-order valence-electron chi connectivity index (χ1n) is 6.04. The van der Waals surface area contributed by atoms with Gasteiger partial charge in [0.2, 0.25) is 0 Å². The minimum atomic E-state index is -0.961. The molecule has 2 aromatic rings. The minimum Gasteiger partial charge on any atom is -0.478 e. The van der Waals surface area contributed by atoms with Crippen LogP contribution in [0.5, 0.6) is 11.5 Å². The van der Waals surface area contributed by atoms with Crippen molar-refractivity contribution in [1.29, 1.82) is 5.26 Å². The fraction of sp³-hybridized carbons (Fsp3) is 0.125. The van der Waals surface area contributed by atoms with E-state index in [2.05, 4.69) is 6.07 Å². The van der Waals surface area contributed by atoms with E-state index in [1.54, 1.807) is 31.2 Å². The smallest absolute Gasteiger partial charge is 0.335 e. The van der Waals surface area contributed by atoms with Crippen molar-refractivity contribution in [2.45, 2.75) is 13.8 Å². The topological polar surface area (TPSA) is 70.3 Å².